The molecule has 0 saturated heterocycles. The van der Waals surface area contributed by atoms with Gasteiger partial charge in [0.2, 0.25) is 0 Å². The molecule has 0 aliphatic rings. The minimum absolute atomic E-state index is 0.000347. The molecule has 2 heteroatoms. The predicted molar refractivity (Wildman–Crippen MR) is 55.3 cm³/mol. The van der Waals surface area contributed by atoms with Crippen molar-refractivity contribution in [1.82, 2.24) is 0 Å². The van der Waals surface area contributed by atoms with Gasteiger partial charge in [-0.3, -0.25) is 4.79 Å². The smallest absolute Gasteiger partial charge is 0.150 e. The van der Waals surface area contributed by atoms with E-state index in [9.17, 15) is 4.79 Å². The Kier molecular flexibility index (Phi) is 2.29. The van der Waals surface area contributed by atoms with E-state index in [1.165, 1.54) is 0 Å². The van der Waals surface area contributed by atoms with Crippen LogP contribution in [-0.2, 0) is 6.61 Å². The summed E-state index contributed by atoms with van der Waals surface area (Å²) in [5.74, 6) is 0. The van der Waals surface area contributed by atoms with Crippen molar-refractivity contribution in [3.05, 3.63) is 47.5 Å². The third-order valence-electron chi connectivity index (χ3n) is 2.30. The number of aldehydes is 1. The Hall–Kier alpha value is -1.67. The monoisotopic (exact) mass is 186 g/mol. The SMILES string of the molecule is O=Cc1ccc2cccc(CO)c2c1. The van der Waals surface area contributed by atoms with Crippen LogP contribution < -0.4 is 0 Å². The number of carbonyl (C=O) groups is 1. The van der Waals surface area contributed by atoms with Gasteiger partial charge in [0, 0.05) is 5.56 Å². The van der Waals surface area contributed by atoms with Gasteiger partial charge < -0.3 is 5.11 Å². The van der Waals surface area contributed by atoms with Gasteiger partial charge in [0.15, 0.2) is 0 Å². The molecule has 0 radical (unpaired) electrons. The quantitative estimate of drug-likeness (QED) is 0.729. The molecule has 70 valence electrons. The zero-order valence-corrected chi connectivity index (χ0v) is 7.60. The highest BCUT2D eigenvalue weighted by Crippen LogP contribution is 2.19. The Morgan fingerprint density at radius 3 is 2.79 bits per heavy atom. The molecule has 0 atom stereocenters. The first kappa shape index (κ1) is 8.91. The number of fused-ring (bicyclic) bond motifs is 1. The lowest BCUT2D eigenvalue weighted by atomic mass is 10.0. The van der Waals surface area contributed by atoms with Crippen molar-refractivity contribution in [2.75, 3.05) is 0 Å². The van der Waals surface area contributed by atoms with Crippen molar-refractivity contribution in [3.63, 3.8) is 0 Å². The second-order valence-corrected chi connectivity index (χ2v) is 3.17. The van der Waals surface area contributed by atoms with Crippen LogP contribution in [0.3, 0.4) is 0 Å². The summed E-state index contributed by atoms with van der Waals surface area (Å²) < 4.78 is 0. The number of benzene rings is 2. The first-order valence-electron chi connectivity index (χ1n) is 4.43. The first-order valence-corrected chi connectivity index (χ1v) is 4.43. The topological polar surface area (TPSA) is 37.3 Å². The number of hydrogen-bond donors (Lipinski definition) is 1. The highest BCUT2D eigenvalue weighted by molar-refractivity contribution is 5.91. The molecular weight excluding hydrogens is 176 g/mol. The van der Waals surface area contributed by atoms with Crippen LogP contribution in [0.15, 0.2) is 36.4 Å². The van der Waals surface area contributed by atoms with E-state index in [1.54, 1.807) is 12.1 Å². The van der Waals surface area contributed by atoms with E-state index < -0.39 is 0 Å². The fourth-order valence-electron chi connectivity index (χ4n) is 1.57. The molecule has 2 rings (SSSR count). The highest BCUT2D eigenvalue weighted by atomic mass is 16.3. The van der Waals surface area contributed by atoms with Gasteiger partial charge in [0.25, 0.3) is 0 Å². The Morgan fingerprint density at radius 1 is 1.21 bits per heavy atom. The summed E-state index contributed by atoms with van der Waals surface area (Å²) in [4.78, 5) is 10.6. The summed E-state index contributed by atoms with van der Waals surface area (Å²) in [5, 5.41) is 11.1. The van der Waals surface area contributed by atoms with E-state index in [0.717, 1.165) is 22.6 Å². The lowest BCUT2D eigenvalue weighted by molar-refractivity contribution is 0.112. The number of rotatable bonds is 2. The molecule has 0 amide bonds. The van der Waals surface area contributed by atoms with Crippen LogP contribution in [0.1, 0.15) is 15.9 Å². The molecule has 0 saturated carbocycles. The Labute approximate surface area is 81.8 Å². The molecule has 0 unspecified atom stereocenters. The maximum atomic E-state index is 10.6. The maximum absolute atomic E-state index is 10.6. The van der Waals surface area contributed by atoms with Crippen LogP contribution in [0, 0.1) is 0 Å². The second kappa shape index (κ2) is 3.60. The molecule has 1 N–H and O–H groups in total. The van der Waals surface area contributed by atoms with Gasteiger partial charge in [-0.1, -0.05) is 30.3 Å². The summed E-state index contributed by atoms with van der Waals surface area (Å²) in [6.07, 6.45) is 0.813. The summed E-state index contributed by atoms with van der Waals surface area (Å²) in [6.45, 7) is -0.000347. The second-order valence-electron chi connectivity index (χ2n) is 3.17. The lowest BCUT2D eigenvalue weighted by Gasteiger charge is -2.03. The highest BCUT2D eigenvalue weighted by Gasteiger charge is 2.00. The van der Waals surface area contributed by atoms with Crippen LogP contribution in [0.4, 0.5) is 0 Å². The van der Waals surface area contributed by atoms with E-state index in [2.05, 4.69) is 0 Å². The largest absolute Gasteiger partial charge is 0.392 e. The summed E-state index contributed by atoms with van der Waals surface area (Å²) >= 11 is 0. The van der Waals surface area contributed by atoms with Gasteiger partial charge in [-0.2, -0.15) is 0 Å². The van der Waals surface area contributed by atoms with Crippen molar-refractivity contribution >= 4 is 17.1 Å². The fourth-order valence-corrected chi connectivity index (χ4v) is 1.57. The molecule has 0 fully saturated rings. The molecule has 14 heavy (non-hydrogen) atoms. The number of hydrogen-bond acceptors (Lipinski definition) is 2. The zero-order valence-electron chi connectivity index (χ0n) is 7.60. The molecule has 0 aliphatic heterocycles. The van der Waals surface area contributed by atoms with Crippen molar-refractivity contribution in [2.24, 2.45) is 0 Å². The summed E-state index contributed by atoms with van der Waals surface area (Å²) in [7, 11) is 0. The van der Waals surface area contributed by atoms with Crippen LogP contribution in [0.25, 0.3) is 10.8 Å². The van der Waals surface area contributed by atoms with Crippen LogP contribution in [0.5, 0.6) is 0 Å². The van der Waals surface area contributed by atoms with E-state index in [0.29, 0.717) is 5.56 Å². The third kappa shape index (κ3) is 1.40. The van der Waals surface area contributed by atoms with Gasteiger partial charge in [0.05, 0.1) is 6.61 Å². The van der Waals surface area contributed by atoms with Gasteiger partial charge >= 0.3 is 0 Å². The van der Waals surface area contributed by atoms with E-state index >= 15 is 0 Å². The molecule has 0 aliphatic carbocycles. The zero-order chi connectivity index (χ0) is 9.97. The maximum Gasteiger partial charge on any atom is 0.150 e. The molecule has 0 bridgehead atoms. The minimum Gasteiger partial charge on any atom is -0.392 e. The lowest BCUT2D eigenvalue weighted by Crippen LogP contribution is -1.87. The van der Waals surface area contributed by atoms with Gasteiger partial charge in [-0.05, 0) is 22.4 Å². The van der Waals surface area contributed by atoms with Crippen LogP contribution in [0.2, 0.25) is 0 Å². The minimum atomic E-state index is -0.000347. The third-order valence-corrected chi connectivity index (χ3v) is 2.30. The molecule has 2 aromatic carbocycles. The molecular formula is C12H10O2. The average Bonchev–Trinajstić information content (AvgIpc) is 2.27. The van der Waals surface area contributed by atoms with Crippen molar-refractivity contribution in [2.45, 2.75) is 6.61 Å². The average molecular weight is 186 g/mol. The van der Waals surface area contributed by atoms with Crippen molar-refractivity contribution in [1.29, 1.82) is 0 Å². The van der Waals surface area contributed by atoms with E-state index in [4.69, 9.17) is 5.11 Å². The van der Waals surface area contributed by atoms with Gasteiger partial charge in [0.1, 0.15) is 6.29 Å². The Bertz CT molecular complexity index is 475. The molecule has 0 aromatic heterocycles. The first-order chi connectivity index (χ1) is 6.85. The standard InChI is InChI=1S/C12H10O2/c13-7-9-4-5-10-2-1-3-11(8-14)12(10)6-9/h1-7,14H,8H2. The normalized spacial score (nSPS) is 10.4. The number of carbonyl (C=O) groups excluding carboxylic acids is 1. The van der Waals surface area contributed by atoms with E-state index in [-0.39, 0.29) is 6.61 Å². The molecule has 0 heterocycles. The summed E-state index contributed by atoms with van der Waals surface area (Å²) in [5.41, 5.74) is 1.49. The fraction of sp³-hybridized carbons (Fsp3) is 0.0833. The van der Waals surface area contributed by atoms with Crippen molar-refractivity contribution in [3.8, 4) is 0 Å². The predicted octanol–water partition coefficient (Wildman–Crippen LogP) is 2.14. The van der Waals surface area contributed by atoms with Crippen LogP contribution >= 0.6 is 0 Å². The van der Waals surface area contributed by atoms with Crippen LogP contribution in [-0.4, -0.2) is 11.4 Å². The number of aliphatic hydroxyl groups is 1. The van der Waals surface area contributed by atoms with E-state index in [1.807, 2.05) is 24.3 Å². The molecule has 0 spiro atoms. The summed E-state index contributed by atoms with van der Waals surface area (Å²) in [6, 6.07) is 11.2. The Morgan fingerprint density at radius 2 is 2.07 bits per heavy atom. The Balaban J connectivity index is 2.76. The van der Waals surface area contributed by atoms with Crippen molar-refractivity contribution < 1.29 is 9.90 Å². The number of aliphatic hydroxyl groups excluding tert-OH is 1. The van der Waals surface area contributed by atoms with Gasteiger partial charge in [-0.25, -0.2) is 0 Å². The van der Waals surface area contributed by atoms with Gasteiger partial charge in [-0.15, -0.1) is 0 Å². The molecule has 2 aromatic rings. The molecule has 2 nitrogen and oxygen atoms in total.